The van der Waals surface area contributed by atoms with Gasteiger partial charge in [-0.2, -0.15) is 0 Å². The molecule has 1 aromatic heterocycles. The first-order valence-electron chi connectivity index (χ1n) is 13.8. The van der Waals surface area contributed by atoms with Gasteiger partial charge in [-0.15, -0.1) is 0 Å². The first-order valence-corrected chi connectivity index (χ1v) is 13.8. The lowest BCUT2D eigenvalue weighted by molar-refractivity contribution is -0.137. The van der Waals surface area contributed by atoms with Gasteiger partial charge in [-0.1, -0.05) is 19.3 Å². The van der Waals surface area contributed by atoms with E-state index in [-0.39, 0.29) is 23.7 Å². The summed E-state index contributed by atoms with van der Waals surface area (Å²) in [5.74, 6) is 0.241. The Balaban J connectivity index is 1.11. The number of likely N-dealkylation sites (tertiary alicyclic amines) is 1. The van der Waals surface area contributed by atoms with Crippen LogP contribution in [0.1, 0.15) is 66.6 Å². The van der Waals surface area contributed by atoms with E-state index in [4.69, 9.17) is 0 Å². The maximum atomic E-state index is 13.4. The highest BCUT2D eigenvalue weighted by Crippen LogP contribution is 2.31. The standard InChI is InChI=1S/C30H35FN4O2/c31-22-7-9-24(10-8-22)35-17-14-28-26(19-35)25-18-21(6-11-27(25)33-28)29(36)32-23-12-15-34(16-13-23)30(37)20-4-2-1-3-5-20/h6-11,18,20,23,33H,1-5,12-17,19H2,(H,32,36). The van der Waals surface area contributed by atoms with Crippen molar-refractivity contribution < 1.29 is 14.0 Å². The molecule has 2 aliphatic heterocycles. The van der Waals surface area contributed by atoms with Gasteiger partial charge in [0.25, 0.3) is 5.91 Å². The Morgan fingerprint density at radius 2 is 1.68 bits per heavy atom. The molecule has 6 nitrogen and oxygen atoms in total. The number of nitrogens with one attached hydrogen (secondary N) is 2. The minimum atomic E-state index is -0.231. The third-order valence-corrected chi connectivity index (χ3v) is 8.53. The van der Waals surface area contributed by atoms with Crippen molar-refractivity contribution in [1.82, 2.24) is 15.2 Å². The lowest BCUT2D eigenvalue weighted by Crippen LogP contribution is -2.48. The predicted molar refractivity (Wildman–Crippen MR) is 143 cm³/mol. The number of anilines is 1. The van der Waals surface area contributed by atoms with Crippen LogP contribution in [0.5, 0.6) is 0 Å². The van der Waals surface area contributed by atoms with Gasteiger partial charge in [-0.3, -0.25) is 9.59 Å². The summed E-state index contributed by atoms with van der Waals surface area (Å²) in [4.78, 5) is 33.8. The SMILES string of the molecule is O=C(NC1CCN(C(=O)C2CCCCC2)CC1)c1ccc2[nH]c3c(c2c1)CN(c1ccc(F)cc1)CC3. The molecule has 1 saturated carbocycles. The molecule has 2 fully saturated rings. The van der Waals surface area contributed by atoms with E-state index in [2.05, 4.69) is 15.2 Å². The second kappa shape index (κ2) is 10.2. The van der Waals surface area contributed by atoms with Crippen molar-refractivity contribution >= 4 is 28.4 Å². The average Bonchev–Trinajstić information content (AvgIpc) is 3.31. The van der Waals surface area contributed by atoms with Gasteiger partial charge in [-0.25, -0.2) is 4.39 Å². The number of hydrogen-bond acceptors (Lipinski definition) is 3. The number of H-pyrrole nitrogens is 1. The second-order valence-corrected chi connectivity index (χ2v) is 10.9. The van der Waals surface area contributed by atoms with Gasteiger partial charge in [0, 0.05) is 78.0 Å². The zero-order valence-corrected chi connectivity index (χ0v) is 21.3. The van der Waals surface area contributed by atoms with E-state index in [1.54, 1.807) is 0 Å². The highest BCUT2D eigenvalue weighted by atomic mass is 19.1. The number of hydrogen-bond donors (Lipinski definition) is 2. The van der Waals surface area contributed by atoms with Gasteiger partial charge in [0.05, 0.1) is 0 Å². The summed E-state index contributed by atoms with van der Waals surface area (Å²) < 4.78 is 13.4. The smallest absolute Gasteiger partial charge is 0.251 e. The topological polar surface area (TPSA) is 68.4 Å². The molecule has 2 amide bonds. The summed E-state index contributed by atoms with van der Waals surface area (Å²) in [6, 6.07) is 12.6. The fourth-order valence-corrected chi connectivity index (χ4v) is 6.35. The van der Waals surface area contributed by atoms with Gasteiger partial charge in [0.15, 0.2) is 0 Å². The quantitative estimate of drug-likeness (QED) is 0.517. The van der Waals surface area contributed by atoms with E-state index in [1.807, 2.05) is 35.2 Å². The molecule has 0 unspecified atom stereocenters. The van der Waals surface area contributed by atoms with Crippen LogP contribution in [0.3, 0.4) is 0 Å². The summed E-state index contributed by atoms with van der Waals surface area (Å²) in [6.07, 6.45) is 8.13. The molecule has 0 bridgehead atoms. The van der Waals surface area contributed by atoms with Gasteiger partial charge in [-0.05, 0) is 68.1 Å². The molecule has 7 heteroatoms. The van der Waals surface area contributed by atoms with E-state index >= 15 is 0 Å². The molecular weight excluding hydrogens is 467 g/mol. The molecule has 0 spiro atoms. The number of carbonyl (C=O) groups is 2. The third kappa shape index (κ3) is 4.96. The number of piperidine rings is 1. The maximum absolute atomic E-state index is 13.4. The number of aromatic amines is 1. The van der Waals surface area contributed by atoms with E-state index in [0.717, 1.165) is 74.9 Å². The van der Waals surface area contributed by atoms with Gasteiger partial charge in [0.1, 0.15) is 5.82 Å². The fourth-order valence-electron chi connectivity index (χ4n) is 6.35. The molecule has 3 aliphatic rings. The Hall–Kier alpha value is -3.35. The van der Waals surface area contributed by atoms with Crippen molar-refractivity contribution in [1.29, 1.82) is 0 Å². The zero-order valence-electron chi connectivity index (χ0n) is 21.3. The highest BCUT2D eigenvalue weighted by molar-refractivity contribution is 5.99. The lowest BCUT2D eigenvalue weighted by atomic mass is 9.87. The number of fused-ring (bicyclic) bond motifs is 3. The van der Waals surface area contributed by atoms with Gasteiger partial charge < -0.3 is 20.1 Å². The molecular formula is C30H35FN4O2. The summed E-state index contributed by atoms with van der Waals surface area (Å²) in [7, 11) is 0. The molecule has 1 aliphatic carbocycles. The average molecular weight is 503 g/mol. The zero-order chi connectivity index (χ0) is 25.4. The Labute approximate surface area is 217 Å². The first kappa shape index (κ1) is 24.0. The van der Waals surface area contributed by atoms with Crippen LogP contribution in [-0.2, 0) is 17.8 Å². The number of nitrogens with zero attached hydrogens (tertiary/aromatic N) is 2. The number of aromatic nitrogens is 1. The van der Waals surface area contributed by atoms with E-state index < -0.39 is 0 Å². The third-order valence-electron chi connectivity index (χ3n) is 8.53. The van der Waals surface area contributed by atoms with Crippen molar-refractivity contribution in [3.05, 3.63) is 65.1 Å². The molecule has 37 heavy (non-hydrogen) atoms. The number of carbonyl (C=O) groups excluding carboxylic acids is 2. The molecule has 3 heterocycles. The molecule has 194 valence electrons. The Kier molecular flexibility index (Phi) is 6.61. The van der Waals surface area contributed by atoms with Crippen LogP contribution in [0.2, 0.25) is 0 Å². The van der Waals surface area contributed by atoms with Crippen molar-refractivity contribution in [2.75, 3.05) is 24.5 Å². The van der Waals surface area contributed by atoms with Crippen LogP contribution in [0.15, 0.2) is 42.5 Å². The van der Waals surface area contributed by atoms with Crippen LogP contribution in [0.4, 0.5) is 10.1 Å². The Morgan fingerprint density at radius 3 is 2.43 bits per heavy atom. The number of halogens is 1. The summed E-state index contributed by atoms with van der Waals surface area (Å²) in [6.45, 7) is 3.04. The molecule has 2 N–H and O–H groups in total. The number of benzene rings is 2. The van der Waals surface area contributed by atoms with Gasteiger partial charge >= 0.3 is 0 Å². The maximum Gasteiger partial charge on any atom is 0.251 e. The monoisotopic (exact) mass is 502 g/mol. The van der Waals surface area contributed by atoms with Crippen LogP contribution in [-0.4, -0.2) is 47.4 Å². The molecule has 6 rings (SSSR count). The largest absolute Gasteiger partial charge is 0.367 e. The predicted octanol–water partition coefficient (Wildman–Crippen LogP) is 5.17. The van der Waals surface area contributed by atoms with Crippen molar-refractivity contribution in [3.63, 3.8) is 0 Å². The Bertz CT molecular complexity index is 1290. The summed E-state index contributed by atoms with van der Waals surface area (Å²) in [5, 5.41) is 4.29. The van der Waals surface area contributed by atoms with Crippen LogP contribution in [0, 0.1) is 11.7 Å². The molecule has 1 saturated heterocycles. The van der Waals surface area contributed by atoms with Crippen LogP contribution in [0.25, 0.3) is 10.9 Å². The van der Waals surface area contributed by atoms with Crippen LogP contribution >= 0.6 is 0 Å². The van der Waals surface area contributed by atoms with E-state index in [1.165, 1.54) is 42.7 Å². The van der Waals surface area contributed by atoms with E-state index in [0.29, 0.717) is 11.5 Å². The van der Waals surface area contributed by atoms with Crippen molar-refractivity contribution in [2.24, 2.45) is 5.92 Å². The summed E-state index contributed by atoms with van der Waals surface area (Å²) >= 11 is 0. The minimum absolute atomic E-state index is 0.0555. The highest BCUT2D eigenvalue weighted by Gasteiger charge is 2.30. The first-order chi connectivity index (χ1) is 18.0. The fraction of sp³-hybridized carbons (Fsp3) is 0.467. The molecule has 2 aromatic carbocycles. The normalized spacial score (nSPS) is 19.2. The second-order valence-electron chi connectivity index (χ2n) is 10.9. The van der Waals surface area contributed by atoms with Crippen molar-refractivity contribution in [3.8, 4) is 0 Å². The number of amides is 2. The molecule has 3 aromatic rings. The number of rotatable bonds is 4. The lowest BCUT2D eigenvalue weighted by Gasteiger charge is -2.35. The Morgan fingerprint density at radius 1 is 0.919 bits per heavy atom. The summed E-state index contributed by atoms with van der Waals surface area (Å²) in [5.41, 5.74) is 5.12. The molecule has 0 atom stereocenters. The molecule has 0 radical (unpaired) electrons. The van der Waals surface area contributed by atoms with Gasteiger partial charge in [0.2, 0.25) is 5.91 Å². The minimum Gasteiger partial charge on any atom is -0.367 e. The van der Waals surface area contributed by atoms with E-state index in [9.17, 15) is 14.0 Å². The van der Waals surface area contributed by atoms with Crippen LogP contribution < -0.4 is 10.2 Å². The van der Waals surface area contributed by atoms with Crippen molar-refractivity contribution in [2.45, 2.75) is 64.0 Å².